The van der Waals surface area contributed by atoms with Crippen LogP contribution in [0.3, 0.4) is 0 Å². The molecule has 1 saturated heterocycles. The molecule has 2 aromatic carbocycles. The summed E-state index contributed by atoms with van der Waals surface area (Å²) in [4.78, 5) is 38.8. The zero-order chi connectivity index (χ0) is 18.0. The maximum atomic E-state index is 12.3. The van der Waals surface area contributed by atoms with Gasteiger partial charge in [0.1, 0.15) is 0 Å². The lowest BCUT2D eigenvalue weighted by Gasteiger charge is -2.21. The molecule has 7 nitrogen and oxygen atoms in total. The highest BCUT2D eigenvalue weighted by atomic mass is 35.5. The Morgan fingerprint density at radius 2 is 1.72 bits per heavy atom. The molecule has 1 N–H and O–H groups in total. The van der Waals surface area contributed by atoms with Crippen molar-refractivity contribution in [1.29, 1.82) is 0 Å². The second kappa shape index (κ2) is 6.82. The molecule has 1 atom stereocenters. The second-order valence-electron chi connectivity index (χ2n) is 5.25. The van der Waals surface area contributed by atoms with Crippen molar-refractivity contribution in [3.63, 3.8) is 0 Å². The lowest BCUT2D eigenvalue weighted by Crippen LogP contribution is -2.39. The number of likely N-dealkylation sites (N-methyl/N-ethyl adjacent to an activating group) is 1. The van der Waals surface area contributed by atoms with E-state index in [1.54, 1.807) is 54.6 Å². The summed E-state index contributed by atoms with van der Waals surface area (Å²) in [6.07, 6.45) is -2.28. The number of para-hydroxylation sites is 2. The van der Waals surface area contributed by atoms with E-state index in [2.05, 4.69) is 5.32 Å². The molecule has 0 spiro atoms. The van der Waals surface area contributed by atoms with Crippen LogP contribution in [-0.4, -0.2) is 36.2 Å². The standard InChI is InChI=1S/C17H14ClN3O4/c1-20-14(22)15(21(17(20)24)11-7-3-2-4-8-11)25-16(23)19-13-10-6-5-9-12(13)18/h2-10,15H,1H3,(H,19,23). The van der Waals surface area contributed by atoms with Gasteiger partial charge in [-0.25, -0.2) is 14.5 Å². The van der Waals surface area contributed by atoms with Crippen LogP contribution in [0.4, 0.5) is 21.0 Å². The Hall–Kier alpha value is -3.06. The highest BCUT2D eigenvalue weighted by Crippen LogP contribution is 2.26. The third-order valence-corrected chi connectivity index (χ3v) is 3.96. The van der Waals surface area contributed by atoms with Crippen molar-refractivity contribution in [2.45, 2.75) is 6.23 Å². The zero-order valence-corrected chi connectivity index (χ0v) is 13.9. The third-order valence-electron chi connectivity index (χ3n) is 3.63. The van der Waals surface area contributed by atoms with Crippen LogP contribution in [0.1, 0.15) is 0 Å². The molecule has 25 heavy (non-hydrogen) atoms. The van der Waals surface area contributed by atoms with Crippen molar-refractivity contribution >= 4 is 41.0 Å². The minimum absolute atomic E-state index is 0.324. The normalized spacial score (nSPS) is 17.0. The summed E-state index contributed by atoms with van der Waals surface area (Å²) in [5, 5.41) is 2.78. The van der Waals surface area contributed by atoms with Gasteiger partial charge in [-0.15, -0.1) is 0 Å². The number of halogens is 1. The Kier molecular flexibility index (Phi) is 4.58. The smallest absolute Gasteiger partial charge is 0.414 e. The van der Waals surface area contributed by atoms with Crippen LogP contribution >= 0.6 is 11.6 Å². The largest absolute Gasteiger partial charge is 0.415 e. The van der Waals surface area contributed by atoms with Crippen LogP contribution in [0.5, 0.6) is 0 Å². The summed E-state index contributed by atoms with van der Waals surface area (Å²) in [5.41, 5.74) is 0.784. The predicted molar refractivity (Wildman–Crippen MR) is 92.4 cm³/mol. The van der Waals surface area contributed by atoms with E-state index in [1.807, 2.05) is 0 Å². The Balaban J connectivity index is 1.81. The summed E-state index contributed by atoms with van der Waals surface area (Å²) < 4.78 is 5.20. The van der Waals surface area contributed by atoms with E-state index < -0.39 is 24.3 Å². The molecular formula is C17H14ClN3O4. The number of carbonyl (C=O) groups is 3. The van der Waals surface area contributed by atoms with Crippen LogP contribution in [0, 0.1) is 0 Å². The number of nitrogens with one attached hydrogen (secondary N) is 1. The maximum absolute atomic E-state index is 12.3. The fraction of sp³-hybridized carbons (Fsp3) is 0.118. The van der Waals surface area contributed by atoms with Crippen LogP contribution < -0.4 is 10.2 Å². The molecule has 3 rings (SSSR count). The summed E-state index contributed by atoms with van der Waals surface area (Å²) in [7, 11) is 1.33. The van der Waals surface area contributed by atoms with E-state index in [0.29, 0.717) is 16.4 Å². The Bertz CT molecular complexity index is 828. The van der Waals surface area contributed by atoms with Crippen LogP contribution in [0.15, 0.2) is 54.6 Å². The van der Waals surface area contributed by atoms with Gasteiger partial charge >= 0.3 is 12.1 Å². The molecule has 0 bridgehead atoms. The molecule has 0 aliphatic carbocycles. The van der Waals surface area contributed by atoms with Crippen molar-refractivity contribution < 1.29 is 19.1 Å². The third kappa shape index (κ3) is 3.27. The van der Waals surface area contributed by atoms with Gasteiger partial charge in [0.25, 0.3) is 12.1 Å². The molecule has 0 radical (unpaired) electrons. The number of carbonyl (C=O) groups excluding carboxylic acids is 3. The average molecular weight is 360 g/mol. The molecule has 8 heteroatoms. The monoisotopic (exact) mass is 359 g/mol. The van der Waals surface area contributed by atoms with Crippen molar-refractivity contribution in [3.8, 4) is 0 Å². The Morgan fingerprint density at radius 3 is 2.40 bits per heavy atom. The van der Waals surface area contributed by atoms with Crippen LogP contribution in [0.25, 0.3) is 0 Å². The zero-order valence-electron chi connectivity index (χ0n) is 13.2. The van der Waals surface area contributed by atoms with E-state index in [-0.39, 0.29) is 0 Å². The van der Waals surface area contributed by atoms with Crippen LogP contribution in [-0.2, 0) is 9.53 Å². The van der Waals surface area contributed by atoms with Gasteiger partial charge < -0.3 is 4.74 Å². The molecule has 1 unspecified atom stereocenters. The highest BCUT2D eigenvalue weighted by Gasteiger charge is 2.46. The van der Waals surface area contributed by atoms with Gasteiger partial charge in [-0.05, 0) is 24.3 Å². The van der Waals surface area contributed by atoms with Gasteiger partial charge in [0.2, 0.25) is 0 Å². The topological polar surface area (TPSA) is 79.0 Å². The van der Waals surface area contributed by atoms with Crippen molar-refractivity contribution in [2.24, 2.45) is 0 Å². The number of hydrogen-bond donors (Lipinski definition) is 1. The lowest BCUT2D eigenvalue weighted by molar-refractivity contribution is -0.132. The number of anilines is 2. The van der Waals surface area contributed by atoms with Gasteiger partial charge in [-0.1, -0.05) is 41.9 Å². The van der Waals surface area contributed by atoms with E-state index in [1.165, 1.54) is 7.05 Å². The van der Waals surface area contributed by atoms with E-state index in [4.69, 9.17) is 16.3 Å². The predicted octanol–water partition coefficient (Wildman–Crippen LogP) is 3.31. The first-order chi connectivity index (χ1) is 12.0. The van der Waals surface area contributed by atoms with Gasteiger partial charge in [-0.2, -0.15) is 0 Å². The minimum atomic E-state index is -1.39. The highest BCUT2D eigenvalue weighted by molar-refractivity contribution is 6.33. The average Bonchev–Trinajstić information content (AvgIpc) is 2.82. The molecule has 0 saturated carbocycles. The maximum Gasteiger partial charge on any atom is 0.414 e. The fourth-order valence-corrected chi connectivity index (χ4v) is 2.56. The van der Waals surface area contributed by atoms with E-state index >= 15 is 0 Å². The second-order valence-corrected chi connectivity index (χ2v) is 5.66. The molecule has 4 amide bonds. The molecule has 0 aromatic heterocycles. The quantitative estimate of drug-likeness (QED) is 0.853. The summed E-state index contributed by atoms with van der Waals surface area (Å²) >= 11 is 5.97. The summed E-state index contributed by atoms with van der Waals surface area (Å²) in [6, 6.07) is 14.5. The number of benzene rings is 2. The van der Waals surface area contributed by atoms with Gasteiger partial charge in [0.05, 0.1) is 10.7 Å². The number of imide groups is 1. The molecule has 2 aromatic rings. The molecule has 1 heterocycles. The van der Waals surface area contributed by atoms with E-state index in [9.17, 15) is 14.4 Å². The van der Waals surface area contributed by atoms with Crippen molar-refractivity contribution in [2.75, 3.05) is 17.3 Å². The fourth-order valence-electron chi connectivity index (χ4n) is 2.37. The molecule has 1 aliphatic rings. The minimum Gasteiger partial charge on any atom is -0.415 e. The SMILES string of the molecule is CN1C(=O)C(OC(=O)Nc2ccccc2Cl)N(c2ccccc2)C1=O. The van der Waals surface area contributed by atoms with Gasteiger partial charge in [0, 0.05) is 12.7 Å². The number of rotatable bonds is 3. The number of nitrogens with zero attached hydrogens (tertiary/aromatic N) is 2. The summed E-state index contributed by atoms with van der Waals surface area (Å²) in [5.74, 6) is -0.636. The molecule has 1 aliphatic heterocycles. The first kappa shape index (κ1) is 16.8. The van der Waals surface area contributed by atoms with Crippen molar-refractivity contribution in [1.82, 2.24) is 4.90 Å². The number of hydrogen-bond acceptors (Lipinski definition) is 4. The molecule has 1 fully saturated rings. The Labute approximate surface area is 148 Å². The molecular weight excluding hydrogens is 346 g/mol. The van der Waals surface area contributed by atoms with Crippen molar-refractivity contribution in [3.05, 3.63) is 59.6 Å². The first-order valence-electron chi connectivity index (χ1n) is 7.37. The molecule has 128 valence electrons. The Morgan fingerprint density at radius 1 is 1.08 bits per heavy atom. The lowest BCUT2D eigenvalue weighted by atomic mass is 10.3. The van der Waals surface area contributed by atoms with Gasteiger partial charge in [0.15, 0.2) is 0 Å². The van der Waals surface area contributed by atoms with Gasteiger partial charge in [-0.3, -0.25) is 15.0 Å². The summed E-state index contributed by atoms with van der Waals surface area (Å²) in [6.45, 7) is 0. The number of amides is 4. The number of ether oxygens (including phenoxy) is 1. The van der Waals surface area contributed by atoms with E-state index in [0.717, 1.165) is 9.80 Å². The van der Waals surface area contributed by atoms with Crippen LogP contribution in [0.2, 0.25) is 5.02 Å². The first-order valence-corrected chi connectivity index (χ1v) is 7.75. The number of urea groups is 1.